The lowest BCUT2D eigenvalue weighted by Crippen LogP contribution is -2.49. The van der Waals surface area contributed by atoms with Crippen molar-refractivity contribution in [2.75, 3.05) is 30.4 Å². The van der Waals surface area contributed by atoms with Crippen LogP contribution in [0, 0.1) is 6.92 Å². The summed E-state index contributed by atoms with van der Waals surface area (Å²) < 4.78 is 17.9. The molecular weight excluding hydrogens is 384 g/mol. The number of anilines is 2. The van der Waals surface area contributed by atoms with Crippen LogP contribution < -0.4 is 4.90 Å². The first-order chi connectivity index (χ1) is 14.1. The van der Waals surface area contributed by atoms with Crippen LogP contribution in [0.15, 0.2) is 53.8 Å². The van der Waals surface area contributed by atoms with Gasteiger partial charge in [-0.25, -0.2) is 9.97 Å². The molecule has 3 aromatic rings. The maximum atomic E-state index is 12.4. The van der Waals surface area contributed by atoms with Crippen LogP contribution in [0.25, 0.3) is 11.3 Å². The van der Waals surface area contributed by atoms with E-state index in [0.29, 0.717) is 24.9 Å². The highest BCUT2D eigenvalue weighted by molar-refractivity contribution is 7.85. The van der Waals surface area contributed by atoms with Gasteiger partial charge in [0.1, 0.15) is 0 Å². The molecule has 29 heavy (non-hydrogen) atoms. The fourth-order valence-electron chi connectivity index (χ4n) is 4.03. The number of nitrogens with zero attached hydrogens (tertiary/aromatic N) is 4. The second-order valence-corrected chi connectivity index (χ2v) is 9.40. The zero-order valence-corrected chi connectivity index (χ0v) is 17.3. The van der Waals surface area contributed by atoms with Crippen LogP contribution in [0.5, 0.6) is 0 Å². The van der Waals surface area contributed by atoms with E-state index in [9.17, 15) is 4.21 Å². The van der Waals surface area contributed by atoms with Crippen molar-refractivity contribution in [3.05, 3.63) is 60.0 Å². The summed E-state index contributed by atoms with van der Waals surface area (Å²) in [5, 5.41) is 0. The predicted molar refractivity (Wildman–Crippen MR) is 113 cm³/mol. The molecule has 0 radical (unpaired) electrons. The van der Waals surface area contributed by atoms with E-state index in [1.165, 1.54) is 5.56 Å². The van der Waals surface area contributed by atoms with Crippen molar-refractivity contribution >= 4 is 22.4 Å². The zero-order chi connectivity index (χ0) is 20.0. The van der Waals surface area contributed by atoms with Crippen LogP contribution >= 0.6 is 0 Å². The van der Waals surface area contributed by atoms with E-state index in [2.05, 4.69) is 25.9 Å². The first kappa shape index (κ1) is 18.4. The summed E-state index contributed by atoms with van der Waals surface area (Å²) in [6, 6.07) is 10.1. The third-order valence-electron chi connectivity index (χ3n) is 5.66. The molecule has 0 amide bonds. The summed E-state index contributed by atoms with van der Waals surface area (Å²) in [7, 11) is -1.00. The number of aryl methyl sites for hydroxylation is 1. The Morgan fingerprint density at radius 2 is 1.93 bits per heavy atom. The molecule has 5 rings (SSSR count). The van der Waals surface area contributed by atoms with Crippen LogP contribution in [-0.4, -0.2) is 44.7 Å². The topological polar surface area (TPSA) is 68.2 Å². The van der Waals surface area contributed by atoms with Gasteiger partial charge >= 0.3 is 0 Å². The van der Waals surface area contributed by atoms with E-state index in [-0.39, 0.29) is 5.41 Å². The summed E-state index contributed by atoms with van der Waals surface area (Å²) >= 11 is 0. The molecule has 0 saturated carbocycles. The summed E-state index contributed by atoms with van der Waals surface area (Å²) in [6.45, 7) is 6.13. The highest BCUT2D eigenvalue weighted by Crippen LogP contribution is 2.48. The number of hydrogen-bond donors (Lipinski definition) is 0. The van der Waals surface area contributed by atoms with Gasteiger partial charge in [-0.05, 0) is 42.3 Å². The largest absolute Gasteiger partial charge is 0.379 e. The van der Waals surface area contributed by atoms with Gasteiger partial charge in [-0.3, -0.25) is 9.19 Å². The molecule has 0 aliphatic carbocycles. The molecule has 2 aromatic heterocycles. The summed E-state index contributed by atoms with van der Waals surface area (Å²) in [4.78, 5) is 16.7. The number of rotatable bonds is 4. The lowest BCUT2D eigenvalue weighted by molar-refractivity contribution is -0.0507. The molecule has 1 spiro atoms. The van der Waals surface area contributed by atoms with E-state index in [1.54, 1.807) is 6.20 Å². The smallest absolute Gasteiger partial charge is 0.229 e. The molecule has 2 aliphatic rings. The minimum Gasteiger partial charge on any atom is -0.379 e. The molecule has 6 nitrogen and oxygen atoms in total. The van der Waals surface area contributed by atoms with Crippen molar-refractivity contribution in [3.8, 4) is 11.3 Å². The molecule has 1 atom stereocenters. The van der Waals surface area contributed by atoms with Crippen molar-refractivity contribution < 1.29 is 8.95 Å². The monoisotopic (exact) mass is 406 g/mol. The van der Waals surface area contributed by atoms with E-state index < -0.39 is 10.8 Å². The van der Waals surface area contributed by atoms with Gasteiger partial charge in [0.15, 0.2) is 0 Å². The molecule has 4 heterocycles. The Morgan fingerprint density at radius 1 is 1.14 bits per heavy atom. The number of fused-ring (bicyclic) bond motifs is 2. The molecule has 0 unspecified atom stereocenters. The normalized spacial score (nSPS) is 17.8. The molecule has 1 saturated heterocycles. The van der Waals surface area contributed by atoms with Crippen LogP contribution in [0.4, 0.5) is 11.6 Å². The lowest BCUT2D eigenvalue weighted by atomic mass is 9.81. The average Bonchev–Trinajstić information content (AvgIpc) is 3.08. The number of pyridine rings is 1. The Morgan fingerprint density at radius 3 is 2.59 bits per heavy atom. The van der Waals surface area contributed by atoms with Gasteiger partial charge in [0.2, 0.25) is 5.95 Å². The molecule has 7 heteroatoms. The van der Waals surface area contributed by atoms with Crippen LogP contribution in [0.3, 0.4) is 0 Å². The van der Waals surface area contributed by atoms with Crippen molar-refractivity contribution in [2.24, 2.45) is 0 Å². The zero-order valence-electron chi connectivity index (χ0n) is 16.5. The Bertz CT molecular complexity index is 1100. The van der Waals surface area contributed by atoms with Gasteiger partial charge in [-0.2, -0.15) is 0 Å². The van der Waals surface area contributed by atoms with E-state index in [1.807, 2.05) is 50.5 Å². The van der Waals surface area contributed by atoms with Crippen molar-refractivity contribution in [3.63, 3.8) is 0 Å². The van der Waals surface area contributed by atoms with E-state index in [4.69, 9.17) is 4.74 Å². The van der Waals surface area contributed by atoms with Gasteiger partial charge in [-0.15, -0.1) is 0 Å². The number of aromatic nitrogens is 3. The number of hydrogen-bond acceptors (Lipinski definition) is 6. The number of ether oxygens (including phenoxy) is 1. The predicted octanol–water partition coefficient (Wildman–Crippen LogP) is 3.39. The maximum absolute atomic E-state index is 12.4. The highest BCUT2D eigenvalue weighted by Gasteiger charge is 2.49. The van der Waals surface area contributed by atoms with Crippen LogP contribution in [0.2, 0.25) is 0 Å². The quantitative estimate of drug-likeness (QED) is 0.662. The summed E-state index contributed by atoms with van der Waals surface area (Å²) in [5.41, 5.74) is 5.14. The van der Waals surface area contributed by atoms with E-state index in [0.717, 1.165) is 33.9 Å². The Kier molecular flexibility index (Phi) is 4.44. The fraction of sp³-hybridized carbons (Fsp3) is 0.318. The molecule has 148 valence electrons. The maximum Gasteiger partial charge on any atom is 0.229 e. The first-order valence-electron chi connectivity index (χ1n) is 9.73. The second kappa shape index (κ2) is 7.00. The average molecular weight is 407 g/mol. The molecular formula is C22H22N4O2S. The summed E-state index contributed by atoms with van der Waals surface area (Å²) in [5.74, 6) is 1.24. The van der Waals surface area contributed by atoms with E-state index >= 15 is 0 Å². The third-order valence-corrected chi connectivity index (χ3v) is 6.97. The molecule has 1 aromatic carbocycles. The van der Waals surface area contributed by atoms with Gasteiger partial charge in [0.25, 0.3) is 0 Å². The molecule has 0 bridgehead atoms. The Hall–Kier alpha value is -2.64. The molecule has 0 N–H and O–H groups in total. The number of benzene rings is 1. The molecule has 2 aliphatic heterocycles. The van der Waals surface area contributed by atoms with Gasteiger partial charge < -0.3 is 9.64 Å². The Balaban J connectivity index is 1.53. The third kappa shape index (κ3) is 3.05. The molecule has 1 fully saturated rings. The minimum absolute atomic E-state index is 0.0261. The van der Waals surface area contributed by atoms with Crippen LogP contribution in [0.1, 0.15) is 18.1 Å². The summed E-state index contributed by atoms with van der Waals surface area (Å²) in [6.07, 6.45) is 5.44. The lowest BCUT2D eigenvalue weighted by Gasteiger charge is -2.38. The Labute approximate surface area is 172 Å². The van der Waals surface area contributed by atoms with Crippen LogP contribution in [-0.2, 0) is 21.0 Å². The fourth-order valence-corrected chi connectivity index (χ4v) is 4.82. The van der Waals surface area contributed by atoms with Crippen molar-refractivity contribution in [1.29, 1.82) is 0 Å². The SMILES string of the molecule is CC[S@@](=O)c1ccc2c(c1)N(c1ncc(-c3cc(C)ccn3)cn1)CC21COC1. The minimum atomic E-state index is -1.00. The first-order valence-corrected chi connectivity index (χ1v) is 11.0. The van der Waals surface area contributed by atoms with Crippen molar-refractivity contribution in [2.45, 2.75) is 24.2 Å². The van der Waals surface area contributed by atoms with Gasteiger partial charge in [0.05, 0.1) is 35.1 Å². The van der Waals surface area contributed by atoms with Gasteiger partial charge in [-0.1, -0.05) is 13.0 Å². The second-order valence-electron chi connectivity index (χ2n) is 7.66. The highest BCUT2D eigenvalue weighted by atomic mass is 32.2. The van der Waals surface area contributed by atoms with Crippen molar-refractivity contribution in [1.82, 2.24) is 15.0 Å². The van der Waals surface area contributed by atoms with Gasteiger partial charge in [0, 0.05) is 47.0 Å². The standard InChI is InChI=1S/C22H22N4O2S/c1-3-29(27)17-4-5-18-20(9-17)26(12-22(18)13-28-14-22)21-24-10-16(11-25-21)19-8-15(2)6-7-23-19/h4-11H,3,12-14H2,1-2H3/t29-/m1/s1.